The van der Waals surface area contributed by atoms with Crippen molar-refractivity contribution in [2.24, 2.45) is 0 Å². The number of amides is 1. The molecular formula is C19H20ClN7O2. The minimum Gasteiger partial charge on any atom is -0.423 e. The van der Waals surface area contributed by atoms with Crippen molar-refractivity contribution in [2.45, 2.75) is 39.3 Å². The number of tetrazole rings is 1. The lowest BCUT2D eigenvalue weighted by atomic mass is 10.1. The summed E-state index contributed by atoms with van der Waals surface area (Å²) in [7, 11) is 0. The number of aryl methyl sites for hydroxylation is 2. The topological polar surface area (TPSA) is 103 Å². The van der Waals surface area contributed by atoms with Crippen molar-refractivity contribution in [3.05, 3.63) is 58.0 Å². The highest BCUT2D eigenvalue weighted by molar-refractivity contribution is 6.30. The van der Waals surface area contributed by atoms with Crippen LogP contribution in [0.1, 0.15) is 47.6 Å². The molecule has 0 N–H and O–H groups in total. The van der Waals surface area contributed by atoms with Gasteiger partial charge in [0.15, 0.2) is 5.82 Å². The Kier molecular flexibility index (Phi) is 5.39. The molecule has 1 amide bonds. The van der Waals surface area contributed by atoms with Crippen LogP contribution >= 0.6 is 11.6 Å². The number of hydrogen-bond acceptors (Lipinski definition) is 7. The predicted octanol–water partition coefficient (Wildman–Crippen LogP) is 2.75. The Morgan fingerprint density at radius 1 is 1.31 bits per heavy atom. The van der Waals surface area contributed by atoms with Crippen LogP contribution in [-0.2, 0) is 11.3 Å². The van der Waals surface area contributed by atoms with E-state index in [0.29, 0.717) is 35.7 Å². The number of carbonyl (C=O) groups is 1. The molecule has 150 valence electrons. The normalized spacial score (nSPS) is 16.8. The van der Waals surface area contributed by atoms with E-state index < -0.39 is 0 Å². The first-order valence-corrected chi connectivity index (χ1v) is 9.69. The van der Waals surface area contributed by atoms with Gasteiger partial charge in [-0.15, -0.1) is 20.4 Å². The number of hydrogen-bond donors (Lipinski definition) is 0. The summed E-state index contributed by atoms with van der Waals surface area (Å²) in [5, 5.41) is 20.6. The Balaban J connectivity index is 1.53. The van der Waals surface area contributed by atoms with E-state index in [1.807, 2.05) is 12.1 Å². The maximum absolute atomic E-state index is 12.8. The quantitative estimate of drug-likeness (QED) is 0.592. The Hall–Kier alpha value is -3.07. The van der Waals surface area contributed by atoms with Crippen molar-refractivity contribution in [3.8, 4) is 0 Å². The van der Waals surface area contributed by atoms with E-state index in [2.05, 4.69) is 25.6 Å². The van der Waals surface area contributed by atoms with Gasteiger partial charge in [0, 0.05) is 24.6 Å². The average molecular weight is 414 g/mol. The number of aromatic nitrogens is 6. The van der Waals surface area contributed by atoms with Crippen molar-refractivity contribution >= 4 is 23.6 Å². The van der Waals surface area contributed by atoms with E-state index in [-0.39, 0.29) is 11.9 Å². The summed E-state index contributed by atoms with van der Waals surface area (Å²) in [5.41, 5.74) is 1.76. The maximum atomic E-state index is 12.8. The molecule has 0 unspecified atom stereocenters. The third kappa shape index (κ3) is 4.34. The van der Waals surface area contributed by atoms with Crippen LogP contribution in [-0.4, -0.2) is 47.8 Å². The Morgan fingerprint density at radius 2 is 2.17 bits per heavy atom. The molecule has 3 heterocycles. The van der Waals surface area contributed by atoms with Gasteiger partial charge in [0.05, 0.1) is 6.54 Å². The molecule has 3 aromatic rings. The van der Waals surface area contributed by atoms with Gasteiger partial charge in [0.1, 0.15) is 6.04 Å². The van der Waals surface area contributed by atoms with E-state index in [0.717, 1.165) is 24.0 Å². The van der Waals surface area contributed by atoms with Crippen molar-refractivity contribution in [1.29, 1.82) is 0 Å². The molecular weight excluding hydrogens is 394 g/mol. The lowest BCUT2D eigenvalue weighted by Crippen LogP contribution is -2.29. The van der Waals surface area contributed by atoms with Crippen LogP contribution in [0, 0.1) is 13.8 Å². The van der Waals surface area contributed by atoms with E-state index >= 15 is 0 Å². The van der Waals surface area contributed by atoms with Gasteiger partial charge < -0.3 is 9.32 Å². The minimum absolute atomic E-state index is 0.0982. The number of likely N-dealkylation sites (tertiary alicyclic amines) is 1. The minimum atomic E-state index is -0.180. The molecule has 4 rings (SSSR count). The van der Waals surface area contributed by atoms with Gasteiger partial charge in [-0.05, 0) is 54.3 Å². The molecule has 0 saturated carbocycles. The fourth-order valence-corrected chi connectivity index (χ4v) is 3.60. The van der Waals surface area contributed by atoms with Gasteiger partial charge in [-0.2, -0.15) is 4.80 Å². The zero-order chi connectivity index (χ0) is 20.4. The first kappa shape index (κ1) is 19.3. The summed E-state index contributed by atoms with van der Waals surface area (Å²) >= 11 is 6.16. The standard InChI is InChI=1S/C19H20ClN7O2/c1-12-21-25-27(24-12)11-15-10-16(20)7-5-14(15)6-8-18(28)26-9-3-4-17(26)19-23-22-13(2)29-19/h5-8,10,17H,3-4,9,11H2,1-2H3/t17-/m0/s1. The second-order valence-electron chi connectivity index (χ2n) is 6.89. The summed E-state index contributed by atoms with van der Waals surface area (Å²) in [6.07, 6.45) is 5.06. The summed E-state index contributed by atoms with van der Waals surface area (Å²) in [5.74, 6) is 1.48. The third-order valence-electron chi connectivity index (χ3n) is 4.74. The lowest BCUT2D eigenvalue weighted by Gasteiger charge is -2.20. The largest absolute Gasteiger partial charge is 0.423 e. The molecule has 0 bridgehead atoms. The summed E-state index contributed by atoms with van der Waals surface area (Å²) in [4.78, 5) is 16.1. The second kappa shape index (κ2) is 8.12. The predicted molar refractivity (Wildman–Crippen MR) is 105 cm³/mol. The highest BCUT2D eigenvalue weighted by Gasteiger charge is 2.32. The van der Waals surface area contributed by atoms with Crippen LogP contribution in [0.2, 0.25) is 5.02 Å². The molecule has 29 heavy (non-hydrogen) atoms. The zero-order valence-electron chi connectivity index (χ0n) is 16.1. The zero-order valence-corrected chi connectivity index (χ0v) is 16.9. The summed E-state index contributed by atoms with van der Waals surface area (Å²) in [6, 6.07) is 5.31. The van der Waals surface area contributed by atoms with Crippen molar-refractivity contribution in [1.82, 2.24) is 35.3 Å². The summed E-state index contributed by atoms with van der Waals surface area (Å²) in [6.45, 7) is 4.58. The lowest BCUT2D eigenvalue weighted by molar-refractivity contribution is -0.127. The van der Waals surface area contributed by atoms with Crippen LogP contribution in [0.15, 0.2) is 28.7 Å². The molecule has 1 aromatic carbocycles. The Morgan fingerprint density at radius 3 is 2.90 bits per heavy atom. The highest BCUT2D eigenvalue weighted by atomic mass is 35.5. The van der Waals surface area contributed by atoms with Gasteiger partial charge in [0.2, 0.25) is 17.7 Å². The average Bonchev–Trinajstić information content (AvgIpc) is 3.42. The Bertz CT molecular complexity index is 1060. The first-order valence-electron chi connectivity index (χ1n) is 9.31. The second-order valence-corrected chi connectivity index (χ2v) is 7.33. The maximum Gasteiger partial charge on any atom is 0.247 e. The molecule has 10 heteroatoms. The third-order valence-corrected chi connectivity index (χ3v) is 4.97. The molecule has 2 aromatic heterocycles. The molecule has 1 fully saturated rings. The monoisotopic (exact) mass is 413 g/mol. The van der Waals surface area contributed by atoms with Crippen LogP contribution in [0.5, 0.6) is 0 Å². The van der Waals surface area contributed by atoms with Crippen molar-refractivity contribution < 1.29 is 9.21 Å². The number of nitrogens with zero attached hydrogens (tertiary/aromatic N) is 7. The number of rotatable bonds is 5. The molecule has 0 aliphatic carbocycles. The Labute approximate surface area is 172 Å². The van der Waals surface area contributed by atoms with Gasteiger partial charge >= 0.3 is 0 Å². The molecule has 0 radical (unpaired) electrons. The fraction of sp³-hybridized carbons (Fsp3) is 0.368. The highest BCUT2D eigenvalue weighted by Crippen LogP contribution is 2.31. The SMILES string of the molecule is Cc1nnn(Cc2cc(Cl)ccc2C=CC(=O)N2CCC[C@H]2c2nnc(C)o2)n1. The number of benzene rings is 1. The smallest absolute Gasteiger partial charge is 0.247 e. The van der Waals surface area contributed by atoms with Gasteiger partial charge in [-0.3, -0.25) is 4.79 Å². The van der Waals surface area contributed by atoms with E-state index in [4.69, 9.17) is 16.0 Å². The van der Waals surface area contributed by atoms with Gasteiger partial charge in [-0.25, -0.2) is 0 Å². The summed E-state index contributed by atoms with van der Waals surface area (Å²) < 4.78 is 5.53. The number of halogens is 1. The fourth-order valence-electron chi connectivity index (χ4n) is 3.41. The van der Waals surface area contributed by atoms with Crippen LogP contribution in [0.25, 0.3) is 6.08 Å². The number of carbonyl (C=O) groups excluding carboxylic acids is 1. The molecule has 9 nitrogen and oxygen atoms in total. The van der Waals surface area contributed by atoms with Gasteiger partial charge in [-0.1, -0.05) is 17.7 Å². The molecule has 1 atom stereocenters. The van der Waals surface area contributed by atoms with E-state index in [1.54, 1.807) is 37.0 Å². The van der Waals surface area contributed by atoms with Crippen molar-refractivity contribution in [2.75, 3.05) is 6.54 Å². The molecule has 0 spiro atoms. The first-order chi connectivity index (χ1) is 14.0. The van der Waals surface area contributed by atoms with E-state index in [1.165, 1.54) is 4.80 Å². The molecule has 1 saturated heterocycles. The van der Waals surface area contributed by atoms with Crippen LogP contribution in [0.4, 0.5) is 0 Å². The van der Waals surface area contributed by atoms with Crippen molar-refractivity contribution in [3.63, 3.8) is 0 Å². The van der Waals surface area contributed by atoms with Gasteiger partial charge in [0.25, 0.3) is 0 Å². The van der Waals surface area contributed by atoms with E-state index in [9.17, 15) is 4.79 Å². The molecule has 1 aliphatic heterocycles. The van der Waals surface area contributed by atoms with Crippen LogP contribution in [0.3, 0.4) is 0 Å². The van der Waals surface area contributed by atoms with Crippen LogP contribution < -0.4 is 0 Å². The molecule has 1 aliphatic rings.